The molecule has 1 amide bonds. The average molecular weight is 474 g/mol. The van der Waals surface area contributed by atoms with E-state index in [4.69, 9.17) is 16.0 Å². The lowest BCUT2D eigenvalue weighted by Crippen LogP contribution is -2.13. The first-order valence-electron chi connectivity index (χ1n) is 8.70. The standard InChI is InChI=1S/C19H12ClN5O4S2/c20-13-3-1-2-12(8-13)17-23-24-19(29-17)31-10-16(26)22-18-21-15(9-30-18)11-4-6-14(7-5-11)25(27)28/h1-9H,10H2,(H,21,22,26). The highest BCUT2D eigenvalue weighted by atomic mass is 35.5. The molecule has 0 aliphatic rings. The van der Waals surface area contributed by atoms with Crippen molar-refractivity contribution in [2.75, 3.05) is 11.1 Å². The lowest BCUT2D eigenvalue weighted by atomic mass is 10.1. The van der Waals surface area contributed by atoms with Gasteiger partial charge in [-0.2, -0.15) is 0 Å². The summed E-state index contributed by atoms with van der Waals surface area (Å²) in [7, 11) is 0. The van der Waals surface area contributed by atoms with Gasteiger partial charge in [-0.25, -0.2) is 4.98 Å². The molecule has 0 saturated carbocycles. The van der Waals surface area contributed by atoms with E-state index in [1.807, 2.05) is 0 Å². The van der Waals surface area contributed by atoms with Gasteiger partial charge in [0, 0.05) is 33.7 Å². The van der Waals surface area contributed by atoms with E-state index in [1.165, 1.54) is 23.5 Å². The number of halogens is 1. The van der Waals surface area contributed by atoms with E-state index in [-0.39, 0.29) is 22.6 Å². The molecular formula is C19H12ClN5O4S2. The van der Waals surface area contributed by atoms with Crippen LogP contribution in [-0.4, -0.2) is 31.8 Å². The molecule has 0 saturated heterocycles. The fourth-order valence-electron chi connectivity index (χ4n) is 2.51. The Bertz CT molecular complexity index is 1240. The minimum absolute atomic E-state index is 0.00377. The quantitative estimate of drug-likeness (QED) is 0.222. The Hall–Kier alpha value is -3.28. The van der Waals surface area contributed by atoms with Crippen LogP contribution >= 0.6 is 34.7 Å². The Kier molecular flexibility index (Phi) is 6.26. The average Bonchev–Trinajstić information content (AvgIpc) is 3.42. The van der Waals surface area contributed by atoms with Crippen LogP contribution in [0.5, 0.6) is 0 Å². The van der Waals surface area contributed by atoms with Crippen molar-refractivity contribution in [3.63, 3.8) is 0 Å². The number of nitro groups is 1. The number of carbonyl (C=O) groups excluding carboxylic acids is 1. The fraction of sp³-hybridized carbons (Fsp3) is 0.0526. The minimum atomic E-state index is -0.463. The van der Waals surface area contributed by atoms with E-state index in [9.17, 15) is 14.9 Å². The molecule has 12 heteroatoms. The number of benzene rings is 2. The normalized spacial score (nSPS) is 10.7. The number of nitro benzene ring substituents is 1. The van der Waals surface area contributed by atoms with Crippen LogP contribution in [0.2, 0.25) is 5.02 Å². The third kappa shape index (κ3) is 5.26. The van der Waals surface area contributed by atoms with Crippen LogP contribution in [0.25, 0.3) is 22.7 Å². The fourth-order valence-corrected chi connectivity index (χ4v) is 4.00. The molecule has 2 heterocycles. The van der Waals surface area contributed by atoms with Gasteiger partial charge in [-0.1, -0.05) is 29.4 Å². The molecule has 0 aliphatic heterocycles. The summed E-state index contributed by atoms with van der Waals surface area (Å²) in [5, 5.41) is 24.3. The van der Waals surface area contributed by atoms with E-state index in [2.05, 4.69) is 20.5 Å². The molecule has 0 unspecified atom stereocenters. The van der Waals surface area contributed by atoms with Gasteiger partial charge >= 0.3 is 0 Å². The molecule has 2 aromatic heterocycles. The second-order valence-electron chi connectivity index (χ2n) is 6.06. The molecule has 0 aliphatic carbocycles. The van der Waals surface area contributed by atoms with Gasteiger partial charge in [0.2, 0.25) is 11.8 Å². The zero-order chi connectivity index (χ0) is 21.8. The van der Waals surface area contributed by atoms with Crippen LogP contribution in [0.1, 0.15) is 0 Å². The van der Waals surface area contributed by atoms with Crippen molar-refractivity contribution >= 4 is 51.4 Å². The number of nitrogens with one attached hydrogen (secondary N) is 1. The highest BCUT2D eigenvalue weighted by molar-refractivity contribution is 7.99. The zero-order valence-electron chi connectivity index (χ0n) is 15.5. The van der Waals surface area contributed by atoms with E-state index in [0.717, 1.165) is 17.3 Å². The summed E-state index contributed by atoms with van der Waals surface area (Å²) < 4.78 is 5.55. The number of hydrogen-bond donors (Lipinski definition) is 1. The van der Waals surface area contributed by atoms with Crippen LogP contribution in [-0.2, 0) is 4.79 Å². The number of hydrogen-bond acceptors (Lipinski definition) is 9. The van der Waals surface area contributed by atoms with Gasteiger partial charge in [-0.05, 0) is 30.3 Å². The van der Waals surface area contributed by atoms with Crippen LogP contribution in [0.3, 0.4) is 0 Å². The molecular weight excluding hydrogens is 462 g/mol. The number of non-ortho nitro benzene ring substituents is 1. The molecule has 31 heavy (non-hydrogen) atoms. The van der Waals surface area contributed by atoms with Gasteiger partial charge in [0.15, 0.2) is 5.13 Å². The summed E-state index contributed by atoms with van der Waals surface area (Å²) in [6, 6.07) is 13.1. The summed E-state index contributed by atoms with van der Waals surface area (Å²) in [4.78, 5) is 26.9. The second-order valence-corrected chi connectivity index (χ2v) is 8.28. The molecule has 4 aromatic rings. The van der Waals surface area contributed by atoms with Crippen LogP contribution in [0, 0.1) is 10.1 Å². The molecule has 4 rings (SSSR count). The van der Waals surface area contributed by atoms with Crippen molar-refractivity contribution in [3.8, 4) is 22.7 Å². The van der Waals surface area contributed by atoms with Crippen LogP contribution < -0.4 is 5.32 Å². The Balaban J connectivity index is 1.33. The number of carbonyl (C=O) groups is 1. The Morgan fingerprint density at radius 2 is 2.00 bits per heavy atom. The number of nitrogens with zero attached hydrogens (tertiary/aromatic N) is 4. The summed E-state index contributed by atoms with van der Waals surface area (Å²) in [5.74, 6) is 0.0964. The first-order chi connectivity index (χ1) is 15.0. The van der Waals surface area contributed by atoms with Crippen LogP contribution in [0.15, 0.2) is 63.6 Å². The zero-order valence-corrected chi connectivity index (χ0v) is 17.9. The van der Waals surface area contributed by atoms with Crippen LogP contribution in [0.4, 0.5) is 10.8 Å². The summed E-state index contributed by atoms with van der Waals surface area (Å²) in [6.07, 6.45) is 0. The van der Waals surface area contributed by atoms with E-state index in [1.54, 1.807) is 41.8 Å². The molecule has 0 radical (unpaired) electrons. The molecule has 0 atom stereocenters. The van der Waals surface area contributed by atoms with Gasteiger partial charge < -0.3 is 9.73 Å². The van der Waals surface area contributed by atoms with E-state index >= 15 is 0 Å². The molecule has 0 spiro atoms. The predicted octanol–water partition coefficient (Wildman–Crippen LogP) is 5.15. The van der Waals surface area contributed by atoms with Crippen molar-refractivity contribution in [3.05, 3.63) is 69.0 Å². The van der Waals surface area contributed by atoms with E-state index < -0.39 is 4.92 Å². The monoisotopic (exact) mass is 473 g/mol. The molecule has 156 valence electrons. The lowest BCUT2D eigenvalue weighted by Gasteiger charge is -1.99. The van der Waals surface area contributed by atoms with Gasteiger partial charge in [0.1, 0.15) is 0 Å². The van der Waals surface area contributed by atoms with Crippen molar-refractivity contribution in [2.24, 2.45) is 0 Å². The van der Waals surface area contributed by atoms with Gasteiger partial charge in [-0.15, -0.1) is 21.5 Å². The molecule has 0 fully saturated rings. The maximum atomic E-state index is 12.2. The first kappa shape index (κ1) is 21.0. The number of thioether (sulfide) groups is 1. The highest BCUT2D eigenvalue weighted by Crippen LogP contribution is 2.28. The van der Waals surface area contributed by atoms with Crippen molar-refractivity contribution in [1.82, 2.24) is 15.2 Å². The third-order valence-electron chi connectivity index (χ3n) is 3.93. The molecule has 1 N–H and O–H groups in total. The lowest BCUT2D eigenvalue weighted by molar-refractivity contribution is -0.384. The summed E-state index contributed by atoms with van der Waals surface area (Å²) >= 11 is 8.32. The minimum Gasteiger partial charge on any atom is -0.411 e. The Morgan fingerprint density at radius 3 is 2.74 bits per heavy atom. The predicted molar refractivity (Wildman–Crippen MR) is 118 cm³/mol. The number of rotatable bonds is 7. The number of amides is 1. The SMILES string of the molecule is O=C(CSc1nnc(-c2cccc(Cl)c2)o1)Nc1nc(-c2ccc([N+](=O)[O-])cc2)cs1. The summed E-state index contributed by atoms with van der Waals surface area (Å²) in [6.45, 7) is 0. The Morgan fingerprint density at radius 1 is 1.19 bits per heavy atom. The van der Waals surface area contributed by atoms with Crippen molar-refractivity contribution < 1.29 is 14.1 Å². The van der Waals surface area contributed by atoms with Gasteiger partial charge in [-0.3, -0.25) is 14.9 Å². The number of thiazole rings is 1. The first-order valence-corrected chi connectivity index (χ1v) is 10.9. The maximum absolute atomic E-state index is 12.2. The third-order valence-corrected chi connectivity index (χ3v) is 5.74. The summed E-state index contributed by atoms with van der Waals surface area (Å²) in [5.41, 5.74) is 2.03. The van der Waals surface area contributed by atoms with E-state index in [0.29, 0.717) is 27.3 Å². The smallest absolute Gasteiger partial charge is 0.277 e. The highest BCUT2D eigenvalue weighted by Gasteiger charge is 2.13. The number of anilines is 1. The largest absolute Gasteiger partial charge is 0.411 e. The maximum Gasteiger partial charge on any atom is 0.277 e. The van der Waals surface area contributed by atoms with Crippen molar-refractivity contribution in [1.29, 1.82) is 0 Å². The second kappa shape index (κ2) is 9.25. The number of aromatic nitrogens is 3. The van der Waals surface area contributed by atoms with Crippen molar-refractivity contribution in [2.45, 2.75) is 5.22 Å². The Labute approximate surface area is 188 Å². The van der Waals surface area contributed by atoms with Gasteiger partial charge in [0.05, 0.1) is 16.4 Å². The molecule has 9 nitrogen and oxygen atoms in total. The molecule has 2 aromatic carbocycles. The van der Waals surface area contributed by atoms with Gasteiger partial charge in [0.25, 0.3) is 10.9 Å². The molecule has 0 bridgehead atoms. The topological polar surface area (TPSA) is 124 Å².